The van der Waals surface area contributed by atoms with Crippen LogP contribution in [0, 0.1) is 0 Å². The second-order valence-electron chi connectivity index (χ2n) is 3.72. The second kappa shape index (κ2) is 4.74. The Morgan fingerprint density at radius 1 is 1.38 bits per heavy atom. The van der Waals surface area contributed by atoms with Gasteiger partial charge in [0.25, 0.3) is 5.57 Å². The van der Waals surface area contributed by atoms with E-state index in [2.05, 4.69) is 71.3 Å². The van der Waals surface area contributed by atoms with Gasteiger partial charge >= 0.3 is 0 Å². The van der Waals surface area contributed by atoms with Crippen molar-refractivity contribution >= 4 is 33.8 Å². The van der Waals surface area contributed by atoms with E-state index in [0.717, 1.165) is 6.22 Å². The van der Waals surface area contributed by atoms with Crippen LogP contribution in [-0.2, 0) is 0 Å². The Morgan fingerprint density at radius 3 is 2.38 bits per heavy atom. The standard InChI is InChI=1S/C9H17IN2P/c1-7(2)11-5-6-12(8(3)4)9(11)13-10/h5-8,13H,1-4H3/q+1. The number of halogens is 1. The Morgan fingerprint density at radius 2 is 2.00 bits per heavy atom. The minimum absolute atomic E-state index is 0.567. The molecule has 1 aromatic rings. The molecule has 1 unspecified atom stereocenters. The Hall–Kier alpha value is 0.370. The van der Waals surface area contributed by atoms with Crippen LogP contribution in [0.4, 0.5) is 0 Å². The van der Waals surface area contributed by atoms with E-state index in [1.807, 2.05) is 0 Å². The fourth-order valence-electron chi connectivity index (χ4n) is 1.35. The summed E-state index contributed by atoms with van der Waals surface area (Å²) in [5.41, 5.74) is 1.44. The normalized spacial score (nSPS) is 12.5. The highest BCUT2D eigenvalue weighted by atomic mass is 127. The summed E-state index contributed by atoms with van der Waals surface area (Å²) in [6.07, 6.45) is 5.21. The van der Waals surface area contributed by atoms with Crippen LogP contribution in [0.1, 0.15) is 39.8 Å². The van der Waals surface area contributed by atoms with Crippen molar-refractivity contribution in [3.63, 3.8) is 0 Å². The molecular formula is C9H17IN2P+. The zero-order valence-electron chi connectivity index (χ0n) is 8.58. The topological polar surface area (TPSA) is 8.81 Å². The number of hydrogen-bond donors (Lipinski definition) is 0. The number of hydrogen-bond acceptors (Lipinski definition) is 0. The number of imidazole rings is 1. The summed E-state index contributed by atoms with van der Waals surface area (Å²) in [5.74, 6) is 0. The van der Waals surface area contributed by atoms with E-state index in [-0.39, 0.29) is 0 Å². The molecule has 0 bridgehead atoms. The Kier molecular flexibility index (Phi) is 4.17. The van der Waals surface area contributed by atoms with Gasteiger partial charge in [-0.2, -0.15) is 0 Å². The monoisotopic (exact) mass is 311 g/mol. The van der Waals surface area contributed by atoms with Gasteiger partial charge in [-0.05, 0) is 49.7 Å². The molecule has 2 nitrogen and oxygen atoms in total. The van der Waals surface area contributed by atoms with Crippen molar-refractivity contribution in [1.82, 2.24) is 4.57 Å². The molecule has 0 N–H and O–H groups in total. The quantitative estimate of drug-likeness (QED) is 0.461. The third-order valence-electron chi connectivity index (χ3n) is 2.07. The average molecular weight is 311 g/mol. The van der Waals surface area contributed by atoms with Crippen LogP contribution in [0.15, 0.2) is 12.4 Å². The van der Waals surface area contributed by atoms with Gasteiger partial charge in [0.2, 0.25) is 0 Å². The van der Waals surface area contributed by atoms with Crippen molar-refractivity contribution in [2.45, 2.75) is 39.8 Å². The predicted octanol–water partition coefficient (Wildman–Crippen LogP) is 2.59. The van der Waals surface area contributed by atoms with Crippen molar-refractivity contribution in [3.8, 4) is 0 Å². The lowest BCUT2D eigenvalue weighted by Crippen LogP contribution is -2.48. The third-order valence-corrected chi connectivity index (χ3v) is 4.21. The lowest BCUT2D eigenvalue weighted by molar-refractivity contribution is -0.698. The minimum Gasteiger partial charge on any atom is -0.228 e. The largest absolute Gasteiger partial charge is 0.284 e. The first kappa shape index (κ1) is 11.4. The SMILES string of the molecule is CC(C)n1cc[n+](C(C)C)c1PI. The summed E-state index contributed by atoms with van der Waals surface area (Å²) in [4.78, 5) is 0. The highest BCUT2D eigenvalue weighted by molar-refractivity contribution is 14.2. The maximum Gasteiger partial charge on any atom is 0.284 e. The first-order valence-corrected chi connectivity index (χ1v) is 8.68. The molecule has 0 aliphatic carbocycles. The van der Waals surface area contributed by atoms with Crippen LogP contribution in [-0.4, -0.2) is 4.57 Å². The number of nitrogens with zero attached hydrogens (tertiary/aromatic N) is 2. The van der Waals surface area contributed by atoms with Crippen LogP contribution >= 0.6 is 28.3 Å². The average Bonchev–Trinajstić information content (AvgIpc) is 2.46. The molecule has 0 spiro atoms. The molecule has 0 saturated heterocycles. The summed E-state index contributed by atoms with van der Waals surface area (Å²) in [7, 11) is 0. The summed E-state index contributed by atoms with van der Waals surface area (Å²) in [6.45, 7) is 8.91. The van der Waals surface area contributed by atoms with Crippen LogP contribution in [0.5, 0.6) is 0 Å². The van der Waals surface area contributed by atoms with Gasteiger partial charge in [0.05, 0.1) is 18.3 Å². The summed E-state index contributed by atoms with van der Waals surface area (Å²) < 4.78 is 4.70. The molecule has 13 heavy (non-hydrogen) atoms. The van der Waals surface area contributed by atoms with Crippen LogP contribution in [0.2, 0.25) is 0 Å². The summed E-state index contributed by atoms with van der Waals surface area (Å²) >= 11 is 2.45. The molecular weight excluding hydrogens is 294 g/mol. The van der Waals surface area contributed by atoms with Crippen molar-refractivity contribution in [1.29, 1.82) is 0 Å². The van der Waals surface area contributed by atoms with Crippen molar-refractivity contribution in [3.05, 3.63) is 12.4 Å². The van der Waals surface area contributed by atoms with Gasteiger partial charge in [-0.25, -0.2) is 9.13 Å². The Labute approximate surface area is 95.0 Å². The second-order valence-corrected chi connectivity index (χ2v) is 5.97. The molecule has 4 heteroatoms. The van der Waals surface area contributed by atoms with E-state index in [9.17, 15) is 0 Å². The zero-order chi connectivity index (χ0) is 10.0. The Balaban J connectivity index is 3.10. The van der Waals surface area contributed by atoms with Gasteiger partial charge in [0.1, 0.15) is 12.4 Å². The highest BCUT2D eigenvalue weighted by Gasteiger charge is 2.19. The minimum atomic E-state index is 0.567. The maximum atomic E-state index is 2.45. The molecule has 0 aromatic carbocycles. The summed E-state index contributed by atoms with van der Waals surface area (Å²) in [6, 6.07) is 1.13. The fraction of sp³-hybridized carbons (Fsp3) is 0.667. The first-order valence-electron chi connectivity index (χ1n) is 4.56. The van der Waals surface area contributed by atoms with Gasteiger partial charge in [0, 0.05) is 0 Å². The molecule has 0 aliphatic heterocycles. The Bertz CT molecular complexity index is 256. The van der Waals surface area contributed by atoms with E-state index in [0.29, 0.717) is 12.1 Å². The van der Waals surface area contributed by atoms with E-state index < -0.39 is 0 Å². The lowest BCUT2D eigenvalue weighted by atomic mass is 10.4. The molecule has 1 rings (SSSR count). The van der Waals surface area contributed by atoms with Crippen molar-refractivity contribution < 1.29 is 4.57 Å². The lowest BCUT2D eigenvalue weighted by Gasteiger charge is -2.06. The molecule has 0 saturated carbocycles. The fourth-order valence-corrected chi connectivity index (χ4v) is 3.88. The van der Waals surface area contributed by atoms with Crippen LogP contribution < -0.4 is 10.1 Å². The van der Waals surface area contributed by atoms with Gasteiger partial charge < -0.3 is 0 Å². The number of aromatic nitrogens is 2. The zero-order valence-corrected chi connectivity index (χ0v) is 11.7. The van der Waals surface area contributed by atoms with E-state index in [4.69, 9.17) is 0 Å². The molecule has 0 aliphatic rings. The molecule has 74 valence electrons. The van der Waals surface area contributed by atoms with Crippen LogP contribution in [0.3, 0.4) is 0 Å². The summed E-state index contributed by atoms with van der Waals surface area (Å²) in [5, 5.41) is 0. The van der Waals surface area contributed by atoms with Crippen LogP contribution in [0.25, 0.3) is 0 Å². The molecule has 0 amide bonds. The van der Waals surface area contributed by atoms with Crippen molar-refractivity contribution in [2.24, 2.45) is 0 Å². The van der Waals surface area contributed by atoms with Gasteiger partial charge in [-0.3, -0.25) is 0 Å². The van der Waals surface area contributed by atoms with Gasteiger partial charge in [0.15, 0.2) is 0 Å². The molecule has 0 fully saturated rings. The number of rotatable bonds is 3. The third kappa shape index (κ3) is 2.44. The van der Waals surface area contributed by atoms with E-state index in [1.165, 1.54) is 5.57 Å². The predicted molar refractivity (Wildman–Crippen MR) is 67.4 cm³/mol. The smallest absolute Gasteiger partial charge is 0.228 e. The molecule has 1 aromatic heterocycles. The van der Waals surface area contributed by atoms with Gasteiger partial charge in [-0.15, -0.1) is 0 Å². The molecule has 1 atom stereocenters. The van der Waals surface area contributed by atoms with E-state index in [1.54, 1.807) is 0 Å². The highest BCUT2D eigenvalue weighted by Crippen LogP contribution is 2.20. The first-order chi connectivity index (χ1) is 6.07. The van der Waals surface area contributed by atoms with E-state index >= 15 is 0 Å². The molecule has 0 radical (unpaired) electrons. The molecule has 1 heterocycles. The maximum absolute atomic E-state index is 2.45. The van der Waals surface area contributed by atoms with Gasteiger partial charge in [-0.1, -0.05) is 0 Å². The van der Waals surface area contributed by atoms with Crippen molar-refractivity contribution in [2.75, 3.05) is 0 Å².